The molecule has 0 aromatic carbocycles. The molecule has 3 saturated heterocycles. The first-order valence-corrected chi connectivity index (χ1v) is 20.2. The lowest BCUT2D eigenvalue weighted by Gasteiger charge is -2.50. The van der Waals surface area contributed by atoms with Crippen molar-refractivity contribution in [1.82, 2.24) is 35.1 Å². The molecule has 0 saturated carbocycles. The Balaban J connectivity index is 0.000000230. The third kappa shape index (κ3) is 7.39. The zero-order valence-corrected chi connectivity index (χ0v) is 32.6. The van der Waals surface area contributed by atoms with Crippen LogP contribution >= 0.6 is 23.1 Å². The van der Waals surface area contributed by atoms with Gasteiger partial charge >= 0.3 is 11.9 Å². The number of rotatable bonds is 12. The van der Waals surface area contributed by atoms with Gasteiger partial charge in [-0.15, -0.1) is 28.2 Å². The Labute approximate surface area is 330 Å². The molecule has 0 aliphatic carbocycles. The van der Waals surface area contributed by atoms with Crippen molar-refractivity contribution in [2.24, 2.45) is 5.16 Å². The monoisotopic (exact) mass is 846 g/mol. The number of pyridine rings is 1. The zero-order valence-electron chi connectivity index (χ0n) is 30.1. The highest BCUT2D eigenvalue weighted by molar-refractivity contribution is 8.00. The van der Waals surface area contributed by atoms with Crippen molar-refractivity contribution in [3.8, 4) is 0 Å². The number of aromatic nitrogens is 5. The molecule has 0 bridgehead atoms. The Hall–Kier alpha value is -5.95. The Kier molecular flexibility index (Phi) is 10.8. The summed E-state index contributed by atoms with van der Waals surface area (Å²) in [7, 11) is -3.80. The Morgan fingerprint density at radius 2 is 1.89 bits per heavy atom. The Bertz CT molecular complexity index is 2320. The fourth-order valence-corrected chi connectivity index (χ4v) is 10.7. The first-order valence-electron chi connectivity index (χ1n) is 16.7. The molecule has 5 N–H and O–H groups in total. The molecule has 57 heavy (non-hydrogen) atoms. The summed E-state index contributed by atoms with van der Waals surface area (Å²) in [6.07, 6.45) is 6.23. The number of hydrogen-bond donors (Lipinski definition) is 4. The number of thiazole rings is 1. The van der Waals surface area contributed by atoms with Gasteiger partial charge in [0.15, 0.2) is 45.7 Å². The highest BCUT2D eigenvalue weighted by atomic mass is 32.2. The number of nitrogen functional groups attached to an aromatic ring is 1. The molecule has 4 aliphatic rings. The van der Waals surface area contributed by atoms with E-state index < -0.39 is 78.6 Å². The minimum absolute atomic E-state index is 0.0265. The molecule has 5 atom stereocenters. The number of amides is 3. The van der Waals surface area contributed by atoms with Crippen molar-refractivity contribution in [1.29, 1.82) is 0 Å². The van der Waals surface area contributed by atoms with Crippen molar-refractivity contribution in [3.63, 3.8) is 0 Å². The molecule has 3 fully saturated rings. The number of carboxylic acid groups (broad SMARTS) is 3. The van der Waals surface area contributed by atoms with Gasteiger partial charge in [0.25, 0.3) is 11.8 Å². The standard InChI is InChI=1S/C22H22N6O7S2.C10H12N4O5S/c1-22(2,20(33)34)35-26-13(12-10-37-21(23)24-12)16(29)25-14-17(30)28-15(19(31)32)11(9-36-18(14)28)8-27-6-4-3-5-7-27;1-10(5-13-3-2-11-12-13)8(9(16)17)14-6(15)4-7(14)20(10,18)19/h3-7,10,14,18H,8-9H2,1-2H3,(H4-,23,24,25,29,31,32,33,34);2-3,7-8H,4-5H2,1H3,(H,16,17)/b26-13-;/t;7?,8-,10-/m.0/s1. The second kappa shape index (κ2) is 15.2. The Morgan fingerprint density at radius 3 is 2.46 bits per heavy atom. The number of nitrogens with zero attached hydrogens (tertiary/aromatic N) is 8. The van der Waals surface area contributed by atoms with Crippen molar-refractivity contribution >= 4 is 79.4 Å². The molecular weight excluding hydrogens is 813 g/mol. The number of sulfone groups is 1. The lowest BCUT2D eigenvalue weighted by Crippen LogP contribution is -2.71. The predicted octanol–water partition coefficient (Wildman–Crippen LogP) is -2.82. The lowest BCUT2D eigenvalue weighted by molar-refractivity contribution is -0.689. The topological polar surface area (TPSA) is 314 Å². The average Bonchev–Trinajstić information content (AvgIpc) is 3.85. The first kappa shape index (κ1) is 40.7. The van der Waals surface area contributed by atoms with Gasteiger partial charge in [-0.2, -0.15) is 0 Å². The molecule has 0 radical (unpaired) electrons. The van der Waals surface area contributed by atoms with Gasteiger partial charge in [-0.3, -0.25) is 24.0 Å². The fourth-order valence-electron chi connectivity index (χ4n) is 6.49. The quantitative estimate of drug-likeness (QED) is 0.0618. The van der Waals surface area contributed by atoms with Crippen molar-refractivity contribution in [3.05, 3.63) is 65.3 Å². The summed E-state index contributed by atoms with van der Waals surface area (Å²) in [4.78, 5) is 83.6. The van der Waals surface area contributed by atoms with E-state index in [-0.39, 0.29) is 41.7 Å². The van der Waals surface area contributed by atoms with Gasteiger partial charge in [0.2, 0.25) is 11.5 Å². The van der Waals surface area contributed by atoms with Gasteiger partial charge in [0, 0.05) is 35.0 Å². The minimum atomic E-state index is -3.80. The van der Waals surface area contributed by atoms with Crippen LogP contribution in [0.5, 0.6) is 0 Å². The number of nitrogens with one attached hydrogen (secondary N) is 1. The van der Waals surface area contributed by atoms with E-state index in [1.165, 1.54) is 55.0 Å². The van der Waals surface area contributed by atoms with Crippen LogP contribution in [0.2, 0.25) is 0 Å². The molecule has 3 aromatic heterocycles. The van der Waals surface area contributed by atoms with Crippen LogP contribution in [0, 0.1) is 0 Å². The molecule has 4 aliphatic heterocycles. The number of carbonyl (C=O) groups is 6. The smallest absolute Gasteiger partial charge is 0.350 e. The van der Waals surface area contributed by atoms with E-state index in [1.807, 2.05) is 6.07 Å². The van der Waals surface area contributed by atoms with Crippen LogP contribution in [-0.4, -0.2) is 129 Å². The van der Waals surface area contributed by atoms with E-state index >= 15 is 0 Å². The number of thioether (sulfide) groups is 1. The molecule has 3 aromatic rings. The third-order valence-corrected chi connectivity index (χ3v) is 14.3. The summed E-state index contributed by atoms with van der Waals surface area (Å²) in [5, 5.41) is 43.9. The summed E-state index contributed by atoms with van der Waals surface area (Å²) in [5.41, 5.74) is 3.83. The number of carboxylic acids is 3. The van der Waals surface area contributed by atoms with E-state index in [1.54, 1.807) is 29.1 Å². The average molecular weight is 847 g/mol. The second-order valence-corrected chi connectivity index (χ2v) is 18.3. The van der Waals surface area contributed by atoms with Gasteiger partial charge in [-0.1, -0.05) is 16.4 Å². The summed E-state index contributed by atoms with van der Waals surface area (Å²) in [5.74, 6) is -5.78. The van der Waals surface area contributed by atoms with Crippen molar-refractivity contribution in [2.45, 2.75) is 73.5 Å². The van der Waals surface area contributed by atoms with E-state index in [0.29, 0.717) is 11.3 Å². The third-order valence-electron chi connectivity index (χ3n) is 9.53. The molecule has 3 amide bonds. The molecule has 302 valence electrons. The van der Waals surface area contributed by atoms with Crippen LogP contribution in [-0.2, 0) is 56.5 Å². The summed E-state index contributed by atoms with van der Waals surface area (Å²) >= 11 is 2.32. The number of aliphatic carboxylic acids is 3. The van der Waals surface area contributed by atoms with E-state index in [0.717, 1.165) is 21.1 Å². The maximum atomic E-state index is 13.1. The lowest BCUT2D eigenvalue weighted by atomic mass is 9.96. The van der Waals surface area contributed by atoms with Crippen LogP contribution in [0.3, 0.4) is 0 Å². The summed E-state index contributed by atoms with van der Waals surface area (Å²) < 4.78 is 26.5. The Morgan fingerprint density at radius 1 is 1.19 bits per heavy atom. The van der Waals surface area contributed by atoms with Crippen LogP contribution in [0.1, 0.15) is 32.9 Å². The van der Waals surface area contributed by atoms with Crippen LogP contribution in [0.15, 0.2) is 64.8 Å². The highest BCUT2D eigenvalue weighted by Gasteiger charge is 2.70. The van der Waals surface area contributed by atoms with Gasteiger partial charge < -0.3 is 40.9 Å². The van der Waals surface area contributed by atoms with Gasteiger partial charge in [0.05, 0.1) is 30.8 Å². The minimum Gasteiger partial charge on any atom is -0.543 e. The number of oxime groups is 1. The molecule has 7 heterocycles. The summed E-state index contributed by atoms with van der Waals surface area (Å²) in [6.45, 7) is 3.92. The van der Waals surface area contributed by atoms with E-state index in [4.69, 9.17) is 10.6 Å². The van der Waals surface area contributed by atoms with Crippen LogP contribution < -0.4 is 20.7 Å². The maximum absolute atomic E-state index is 13.1. The van der Waals surface area contributed by atoms with E-state index in [2.05, 4.69) is 25.8 Å². The van der Waals surface area contributed by atoms with Crippen LogP contribution in [0.25, 0.3) is 0 Å². The maximum Gasteiger partial charge on any atom is 0.350 e. The molecule has 3 unspecified atom stereocenters. The van der Waals surface area contributed by atoms with Gasteiger partial charge in [0.1, 0.15) is 27.2 Å². The first-order chi connectivity index (χ1) is 26.8. The number of hydrogen-bond acceptors (Lipinski definition) is 17. The predicted molar refractivity (Wildman–Crippen MR) is 194 cm³/mol. The number of β-lactam (4-membered cyclic amide) rings is 2. The number of nitrogens with two attached hydrogens (primary N) is 1. The number of anilines is 1. The van der Waals surface area contributed by atoms with Crippen molar-refractivity contribution in [2.75, 3.05) is 11.5 Å². The molecule has 22 nitrogen and oxygen atoms in total. The van der Waals surface area contributed by atoms with Gasteiger partial charge in [-0.25, -0.2) is 27.6 Å². The number of carbonyl (C=O) groups excluding carboxylic acids is 4. The molecular formula is C32H34N10O12S3. The zero-order chi connectivity index (χ0) is 41.6. The van der Waals surface area contributed by atoms with Gasteiger partial charge in [-0.05, 0) is 20.8 Å². The summed E-state index contributed by atoms with van der Waals surface area (Å²) in [6, 6.07) is 2.96. The van der Waals surface area contributed by atoms with Crippen molar-refractivity contribution < 1.29 is 61.9 Å². The fraction of sp³-hybridized carbons (Fsp3) is 0.406. The van der Waals surface area contributed by atoms with E-state index in [9.17, 15) is 52.5 Å². The largest absolute Gasteiger partial charge is 0.543 e. The SMILES string of the molecule is CC(C)(O/N=C(\C(=O)NC1C(=O)N2C(C(=O)[O-])=C(C[n+]3ccccc3)CSC12)c1csc(N)n1)C(=O)O.C[C@]1(Cn2ccnn2)[C@H](C(=O)O)N2C(=O)CC2S1(=O)=O. The molecule has 7 rings (SSSR count). The highest BCUT2D eigenvalue weighted by Crippen LogP contribution is 2.47. The normalized spacial score (nSPS) is 24.9. The molecule has 0 spiro atoms. The number of fused-ring (bicyclic) bond motifs is 2. The molecule has 25 heteroatoms. The second-order valence-electron chi connectivity index (χ2n) is 13.7. The van der Waals surface area contributed by atoms with Crippen LogP contribution in [0.4, 0.5) is 5.13 Å².